The van der Waals surface area contributed by atoms with Crippen LogP contribution in [0.1, 0.15) is 0 Å². The van der Waals surface area contributed by atoms with E-state index < -0.39 is 39.5 Å². The molecule has 0 spiro atoms. The molecule has 0 saturated carbocycles. The van der Waals surface area contributed by atoms with Crippen LogP contribution >= 0.6 is 39.5 Å². The summed E-state index contributed by atoms with van der Waals surface area (Å²) in [6.45, 7) is 36.0. The van der Waals surface area contributed by atoms with Crippen molar-refractivity contribution in [2.75, 3.05) is 339 Å². The van der Waals surface area contributed by atoms with Crippen LogP contribution in [0.5, 0.6) is 0 Å². The molecule has 580 valence electrons. The minimum Gasteiger partial charge on any atom is -0.299 e. The molecule has 0 unspecified atom stereocenters. The maximum Gasteiger partial charge on any atom is 0.507 e. The lowest BCUT2D eigenvalue weighted by Crippen LogP contribution is -2.18. The molecule has 0 aromatic rings. The normalized spacial score (nSPS) is 22.7. The fourth-order valence-electron chi connectivity index (χ4n) is 8.95. The van der Waals surface area contributed by atoms with Crippen LogP contribution in [0.25, 0.3) is 0 Å². The average molecular weight is 1500 g/mol. The van der Waals surface area contributed by atoms with E-state index in [9.17, 15) is 21.0 Å². The second kappa shape index (κ2) is 56.1. The van der Waals surface area contributed by atoms with Crippen LogP contribution in [-0.2, 0) is 22.8 Å². The van der Waals surface area contributed by atoms with Gasteiger partial charge in [-0.2, -0.15) is 0 Å². The Morgan fingerprint density at radius 2 is 0.189 bits per heavy atom. The summed E-state index contributed by atoms with van der Waals surface area (Å²) in [6.07, 6.45) is 0. The highest BCUT2D eigenvalue weighted by Crippen LogP contribution is 2.36. The fourth-order valence-corrected chi connectivity index (χ4v) is 8.95. The van der Waals surface area contributed by atoms with Crippen molar-refractivity contribution in [3.05, 3.63) is 0 Å². The van der Waals surface area contributed by atoms with Gasteiger partial charge in [0.1, 0.15) is 0 Å². The molecule has 0 aliphatic carbocycles. The summed E-state index contributed by atoms with van der Waals surface area (Å²) in [7, 11) is 17.2. The Bertz CT molecular complexity index is 1570. The summed E-state index contributed by atoms with van der Waals surface area (Å²) in [5.74, 6) is 0. The van der Waals surface area contributed by atoms with Crippen LogP contribution in [0, 0.1) is 0 Å². The van der Waals surface area contributed by atoms with Gasteiger partial charge in [0.25, 0.3) is 0 Å². The van der Waals surface area contributed by atoms with Gasteiger partial charge in [0.15, 0.2) is 0 Å². The van der Waals surface area contributed by atoms with Gasteiger partial charge in [-0.15, -0.1) is 21.0 Å². The molecule has 0 atom stereocenters. The number of hydrogen-bond donors (Lipinski definition) is 10. The van der Waals surface area contributed by atoms with E-state index in [4.69, 9.17) is 71.8 Å². The molecule has 0 bridgehead atoms. The second-order valence-electron chi connectivity index (χ2n) is 25.4. The van der Waals surface area contributed by atoms with E-state index in [2.05, 4.69) is 239 Å². The lowest BCUT2D eigenvalue weighted by Gasteiger charge is -2.06. The van der Waals surface area contributed by atoms with Crippen molar-refractivity contribution in [1.82, 2.24) is 98.0 Å². The van der Waals surface area contributed by atoms with E-state index in [1.807, 2.05) is 0 Å². The minimum atomic E-state index is -5.14. The largest absolute Gasteiger partial charge is 0.507 e. The molecule has 45 heteroatoms. The van der Waals surface area contributed by atoms with E-state index in [0.717, 1.165) is 66.7 Å². The molecule has 10 saturated heterocycles. The highest BCUT2D eigenvalue weighted by atomic mass is 31.2. The molecule has 35 nitrogen and oxygen atoms in total. The molecule has 10 heterocycles. The highest BCUT2D eigenvalue weighted by Gasteiger charge is 2.17. The SMILES string of the molecule is CN1CCN(C)C1.CN1CCN(C)C1.CN1CCN(C)C1.CN1CCN(C)C1.CN1CCN(C)C1.CN1CCN(C)C1.CN1CCN(C)C1.CN1CCN(C)C1.CN1CCN(C)C1.CN1CCN(C)C1.O=P(O)(O)F.O=P(O)(O)F.O=P(O)(O)F.O=P(O)(O)F.O=P(O)(O)F. The Morgan fingerprint density at radius 3 is 0.200 bits per heavy atom. The Kier molecular flexibility index (Phi) is 61.0. The van der Waals surface area contributed by atoms with Crippen molar-refractivity contribution in [2.24, 2.45) is 0 Å². The van der Waals surface area contributed by atoms with E-state index in [-0.39, 0.29) is 0 Å². The van der Waals surface area contributed by atoms with Crippen molar-refractivity contribution in [2.45, 2.75) is 0 Å². The zero-order chi connectivity index (χ0) is 75.3. The zero-order valence-electron chi connectivity index (χ0n) is 60.8. The van der Waals surface area contributed by atoms with E-state index in [0.29, 0.717) is 0 Å². The summed E-state index contributed by atoms with van der Waals surface area (Å²) in [5, 5.41) is 0. The Hall–Kier alpha value is -0.400. The van der Waals surface area contributed by atoms with Gasteiger partial charge >= 0.3 is 39.5 Å². The molecule has 10 N–H and O–H groups in total. The molecule has 10 aliphatic heterocycles. The molecule has 0 amide bonds. The topological polar surface area (TPSA) is 352 Å². The Morgan fingerprint density at radius 1 is 0.158 bits per heavy atom. The quantitative estimate of drug-likeness (QED) is 0.0970. The summed E-state index contributed by atoms with van der Waals surface area (Å²) in [6, 6.07) is 0. The number of likely N-dealkylation sites (N-methyl/N-ethyl adjacent to an activating group) is 20. The van der Waals surface area contributed by atoms with Crippen molar-refractivity contribution >= 4 is 39.5 Å². The third kappa shape index (κ3) is 97.8. The zero-order valence-corrected chi connectivity index (χ0v) is 65.3. The average Bonchev–Trinajstić information content (AvgIpc) is 3.51. The molecule has 0 radical (unpaired) electrons. The molecule has 0 aromatic carbocycles. The smallest absolute Gasteiger partial charge is 0.299 e. The number of halogens is 5. The summed E-state index contributed by atoms with van der Waals surface area (Å²) in [4.78, 5) is 116. The van der Waals surface area contributed by atoms with Crippen molar-refractivity contribution < 1.29 is 92.7 Å². The second-order valence-corrected chi connectivity index (χ2v) is 30.1. The maximum absolute atomic E-state index is 10.4. The first-order chi connectivity index (χ1) is 42.9. The van der Waals surface area contributed by atoms with Crippen molar-refractivity contribution in [3.63, 3.8) is 0 Å². The lowest BCUT2D eigenvalue weighted by atomic mass is 10.6. The van der Waals surface area contributed by atoms with Crippen LogP contribution in [-0.4, -0.2) is 485 Å². The monoisotopic (exact) mass is 1500 g/mol. The molecular formula is C50H130F5N20O15P5. The minimum absolute atomic E-state index is 1.14. The number of nitrogens with zero attached hydrogens (tertiary/aromatic N) is 20. The van der Waals surface area contributed by atoms with Gasteiger partial charge in [-0.05, 0) is 141 Å². The Balaban J connectivity index is -0.000000305. The molecule has 95 heavy (non-hydrogen) atoms. The molecular weight excluding hydrogens is 1370 g/mol. The first-order valence-electron chi connectivity index (χ1n) is 30.4. The van der Waals surface area contributed by atoms with Crippen LogP contribution < -0.4 is 0 Å². The molecule has 10 fully saturated rings. The summed E-state index contributed by atoms with van der Waals surface area (Å²) < 4.78 is 95.1. The van der Waals surface area contributed by atoms with E-state index in [1.165, 1.54) is 131 Å². The Labute approximate surface area is 567 Å². The third-order valence-corrected chi connectivity index (χ3v) is 13.5. The van der Waals surface area contributed by atoms with Crippen LogP contribution in [0.2, 0.25) is 0 Å². The van der Waals surface area contributed by atoms with Crippen LogP contribution in [0.15, 0.2) is 0 Å². The van der Waals surface area contributed by atoms with E-state index in [1.54, 1.807) is 0 Å². The first kappa shape index (κ1) is 103. The van der Waals surface area contributed by atoms with Gasteiger partial charge in [0, 0.05) is 131 Å². The predicted molar refractivity (Wildman–Crippen MR) is 367 cm³/mol. The van der Waals surface area contributed by atoms with Crippen molar-refractivity contribution in [3.8, 4) is 0 Å². The third-order valence-electron chi connectivity index (χ3n) is 13.5. The number of hydrogen-bond acceptors (Lipinski definition) is 25. The van der Waals surface area contributed by atoms with Crippen LogP contribution in [0.4, 0.5) is 21.0 Å². The molecule has 10 aliphatic rings. The van der Waals surface area contributed by atoms with Gasteiger partial charge in [-0.1, -0.05) is 0 Å². The summed E-state index contributed by atoms with van der Waals surface area (Å²) >= 11 is 0. The van der Waals surface area contributed by atoms with E-state index >= 15 is 0 Å². The van der Waals surface area contributed by atoms with Gasteiger partial charge in [-0.25, -0.2) is 22.8 Å². The molecule has 0 aromatic heterocycles. The predicted octanol–water partition coefficient (Wildman–Crippen LogP) is -1.55. The lowest BCUT2D eigenvalue weighted by molar-refractivity contribution is 0.318. The molecule has 10 rings (SSSR count). The standard InChI is InChI=1S/10C5H12N2.5FH2O3P/c10*1-6-3-4-7(2)5-6;5*1-5(2,3)4/h10*3-5H2,1-2H3;5*(H2,2,3,4). The first-order valence-corrected chi connectivity index (χ1v) is 37.9. The van der Waals surface area contributed by atoms with Crippen molar-refractivity contribution in [1.29, 1.82) is 0 Å². The summed E-state index contributed by atoms with van der Waals surface area (Å²) in [5.41, 5.74) is 0. The number of rotatable bonds is 0. The van der Waals surface area contributed by atoms with Gasteiger partial charge in [0.05, 0.1) is 66.7 Å². The van der Waals surface area contributed by atoms with Gasteiger partial charge in [-0.3, -0.25) is 147 Å². The fraction of sp³-hybridized carbons (Fsp3) is 1.00. The van der Waals surface area contributed by atoms with Crippen LogP contribution in [0.3, 0.4) is 0 Å². The maximum atomic E-state index is 10.4. The van der Waals surface area contributed by atoms with Gasteiger partial charge in [0.2, 0.25) is 0 Å². The highest BCUT2D eigenvalue weighted by molar-refractivity contribution is 7.46. The van der Waals surface area contributed by atoms with Gasteiger partial charge < -0.3 is 0 Å².